The summed E-state index contributed by atoms with van der Waals surface area (Å²) in [6, 6.07) is 6.22. The molecule has 16 heavy (non-hydrogen) atoms. The molecule has 1 N–H and O–H groups in total. The second-order valence-electron chi connectivity index (χ2n) is 3.88. The first-order valence-corrected chi connectivity index (χ1v) is 5.20. The molecule has 4 nitrogen and oxygen atoms in total. The van der Waals surface area contributed by atoms with Crippen molar-refractivity contribution in [3.63, 3.8) is 0 Å². The van der Waals surface area contributed by atoms with E-state index in [0.717, 1.165) is 5.69 Å². The van der Waals surface area contributed by atoms with Crippen molar-refractivity contribution in [2.75, 3.05) is 0 Å². The van der Waals surface area contributed by atoms with Gasteiger partial charge in [-0.25, -0.2) is 4.98 Å². The number of benzene rings is 1. The van der Waals surface area contributed by atoms with Crippen LogP contribution in [0.1, 0.15) is 16.8 Å². The summed E-state index contributed by atoms with van der Waals surface area (Å²) in [5.74, 6) is 0. The van der Waals surface area contributed by atoms with Gasteiger partial charge in [0.2, 0.25) is 0 Å². The van der Waals surface area contributed by atoms with Gasteiger partial charge in [0.25, 0.3) is 0 Å². The SMILES string of the molecule is OCc1cn(-c2ccc3c(c2)COC3)cn1. The van der Waals surface area contributed by atoms with Gasteiger partial charge < -0.3 is 14.4 Å². The van der Waals surface area contributed by atoms with E-state index in [9.17, 15) is 0 Å². The highest BCUT2D eigenvalue weighted by Gasteiger charge is 2.11. The predicted octanol–water partition coefficient (Wildman–Crippen LogP) is 1.39. The molecule has 0 aliphatic carbocycles. The smallest absolute Gasteiger partial charge is 0.0996 e. The third-order valence-corrected chi connectivity index (χ3v) is 2.80. The predicted molar refractivity (Wildman–Crippen MR) is 58.0 cm³/mol. The standard InChI is InChI=1S/C12H12N2O2/c15-5-11-4-14(8-13-11)12-2-1-9-6-16-7-10(9)3-12/h1-4,8,15H,5-7H2. The number of rotatable bonds is 2. The van der Waals surface area contributed by atoms with E-state index in [1.165, 1.54) is 11.1 Å². The Hall–Kier alpha value is -1.65. The molecule has 0 radical (unpaired) electrons. The van der Waals surface area contributed by atoms with E-state index >= 15 is 0 Å². The molecule has 0 spiro atoms. The lowest BCUT2D eigenvalue weighted by atomic mass is 10.1. The van der Waals surface area contributed by atoms with Crippen LogP contribution in [0.15, 0.2) is 30.7 Å². The van der Waals surface area contributed by atoms with Crippen molar-refractivity contribution < 1.29 is 9.84 Å². The van der Waals surface area contributed by atoms with Crippen LogP contribution in [0.25, 0.3) is 5.69 Å². The van der Waals surface area contributed by atoms with E-state index < -0.39 is 0 Å². The number of nitrogens with zero attached hydrogens (tertiary/aromatic N) is 2. The van der Waals surface area contributed by atoms with Crippen LogP contribution in [0.4, 0.5) is 0 Å². The Kier molecular flexibility index (Phi) is 2.23. The van der Waals surface area contributed by atoms with Gasteiger partial charge in [-0.15, -0.1) is 0 Å². The van der Waals surface area contributed by atoms with Crippen molar-refractivity contribution in [3.8, 4) is 5.69 Å². The van der Waals surface area contributed by atoms with Gasteiger partial charge in [-0.1, -0.05) is 6.07 Å². The van der Waals surface area contributed by atoms with Crippen LogP contribution >= 0.6 is 0 Å². The summed E-state index contributed by atoms with van der Waals surface area (Å²) in [7, 11) is 0. The first-order chi connectivity index (χ1) is 7.86. The largest absolute Gasteiger partial charge is 0.390 e. The molecule has 2 heterocycles. The first-order valence-electron chi connectivity index (χ1n) is 5.20. The Morgan fingerprint density at radius 2 is 2.19 bits per heavy atom. The zero-order valence-electron chi connectivity index (χ0n) is 8.76. The number of aliphatic hydroxyl groups excluding tert-OH is 1. The van der Waals surface area contributed by atoms with Crippen molar-refractivity contribution in [2.45, 2.75) is 19.8 Å². The molecule has 1 aromatic carbocycles. The van der Waals surface area contributed by atoms with E-state index in [-0.39, 0.29) is 6.61 Å². The van der Waals surface area contributed by atoms with Gasteiger partial charge in [-0.05, 0) is 23.3 Å². The van der Waals surface area contributed by atoms with Crippen LogP contribution < -0.4 is 0 Å². The van der Waals surface area contributed by atoms with Gasteiger partial charge in [0.15, 0.2) is 0 Å². The second kappa shape index (κ2) is 3.73. The highest BCUT2D eigenvalue weighted by molar-refractivity contribution is 5.41. The van der Waals surface area contributed by atoms with Gasteiger partial charge >= 0.3 is 0 Å². The summed E-state index contributed by atoms with van der Waals surface area (Å²) < 4.78 is 7.27. The van der Waals surface area contributed by atoms with E-state index in [4.69, 9.17) is 9.84 Å². The molecule has 82 valence electrons. The van der Waals surface area contributed by atoms with E-state index in [0.29, 0.717) is 18.9 Å². The van der Waals surface area contributed by atoms with Crippen LogP contribution in [-0.2, 0) is 24.6 Å². The molecule has 0 fully saturated rings. The molecule has 0 amide bonds. The van der Waals surface area contributed by atoms with Crippen LogP contribution in [0.5, 0.6) is 0 Å². The molecular formula is C12H12N2O2. The molecule has 4 heteroatoms. The third kappa shape index (κ3) is 1.52. The zero-order valence-corrected chi connectivity index (χ0v) is 8.76. The minimum absolute atomic E-state index is 0.0267. The first kappa shape index (κ1) is 9.57. The lowest BCUT2D eigenvalue weighted by molar-refractivity contribution is 0.134. The molecule has 0 unspecified atom stereocenters. The Balaban J connectivity index is 2.00. The summed E-state index contributed by atoms with van der Waals surface area (Å²) in [6.07, 6.45) is 3.54. The van der Waals surface area contributed by atoms with Crippen LogP contribution in [0.3, 0.4) is 0 Å². The Morgan fingerprint density at radius 1 is 1.31 bits per heavy atom. The Labute approximate surface area is 93.1 Å². The third-order valence-electron chi connectivity index (χ3n) is 2.80. The van der Waals surface area contributed by atoms with Gasteiger partial charge in [-0.2, -0.15) is 0 Å². The zero-order chi connectivity index (χ0) is 11.0. The minimum Gasteiger partial charge on any atom is -0.390 e. The summed E-state index contributed by atoms with van der Waals surface area (Å²) in [6.45, 7) is 1.37. The number of aromatic nitrogens is 2. The number of hydrogen-bond acceptors (Lipinski definition) is 3. The number of imidazole rings is 1. The number of fused-ring (bicyclic) bond motifs is 1. The van der Waals surface area contributed by atoms with Crippen LogP contribution in [0, 0.1) is 0 Å². The van der Waals surface area contributed by atoms with Gasteiger partial charge in [0, 0.05) is 11.9 Å². The molecule has 0 saturated heterocycles. The van der Waals surface area contributed by atoms with Crippen molar-refractivity contribution in [1.82, 2.24) is 9.55 Å². The highest BCUT2D eigenvalue weighted by Crippen LogP contribution is 2.22. The number of hydrogen-bond donors (Lipinski definition) is 1. The van der Waals surface area contributed by atoms with Crippen LogP contribution in [0.2, 0.25) is 0 Å². The average Bonchev–Trinajstić information content (AvgIpc) is 2.96. The maximum absolute atomic E-state index is 8.96. The lowest BCUT2D eigenvalue weighted by Crippen LogP contribution is -1.92. The lowest BCUT2D eigenvalue weighted by Gasteiger charge is -2.04. The Morgan fingerprint density at radius 3 is 3.00 bits per heavy atom. The summed E-state index contributed by atoms with van der Waals surface area (Å²) >= 11 is 0. The van der Waals surface area contributed by atoms with E-state index in [2.05, 4.69) is 17.1 Å². The van der Waals surface area contributed by atoms with Gasteiger partial charge in [-0.3, -0.25) is 0 Å². The summed E-state index contributed by atoms with van der Waals surface area (Å²) in [5.41, 5.74) is 4.22. The molecule has 2 aromatic rings. The maximum Gasteiger partial charge on any atom is 0.0996 e. The summed E-state index contributed by atoms with van der Waals surface area (Å²) in [5, 5.41) is 8.96. The highest BCUT2D eigenvalue weighted by atomic mass is 16.5. The monoisotopic (exact) mass is 216 g/mol. The summed E-state index contributed by atoms with van der Waals surface area (Å²) in [4.78, 5) is 4.09. The molecular weight excluding hydrogens is 204 g/mol. The molecule has 0 atom stereocenters. The van der Waals surface area contributed by atoms with Crippen LogP contribution in [-0.4, -0.2) is 14.7 Å². The number of ether oxygens (including phenoxy) is 1. The second-order valence-corrected chi connectivity index (χ2v) is 3.88. The fourth-order valence-electron chi connectivity index (χ4n) is 1.91. The quantitative estimate of drug-likeness (QED) is 0.825. The number of aliphatic hydroxyl groups is 1. The fourth-order valence-corrected chi connectivity index (χ4v) is 1.91. The van der Waals surface area contributed by atoms with E-state index in [1.54, 1.807) is 6.33 Å². The molecule has 1 aliphatic rings. The topological polar surface area (TPSA) is 47.3 Å². The van der Waals surface area contributed by atoms with E-state index in [1.807, 2.05) is 16.8 Å². The van der Waals surface area contributed by atoms with Gasteiger partial charge in [0.1, 0.15) is 0 Å². The average molecular weight is 216 g/mol. The van der Waals surface area contributed by atoms with Gasteiger partial charge in [0.05, 0.1) is 31.8 Å². The molecule has 3 rings (SSSR count). The van der Waals surface area contributed by atoms with Crippen molar-refractivity contribution >= 4 is 0 Å². The molecule has 1 aliphatic heterocycles. The molecule has 1 aromatic heterocycles. The van der Waals surface area contributed by atoms with Crippen molar-refractivity contribution in [1.29, 1.82) is 0 Å². The molecule has 0 bridgehead atoms. The van der Waals surface area contributed by atoms with Crippen molar-refractivity contribution in [2.24, 2.45) is 0 Å². The molecule has 0 saturated carbocycles. The van der Waals surface area contributed by atoms with Crippen molar-refractivity contribution in [3.05, 3.63) is 47.5 Å². The maximum atomic E-state index is 8.96. The Bertz CT molecular complexity index is 519. The fraction of sp³-hybridized carbons (Fsp3) is 0.250. The minimum atomic E-state index is -0.0267. The normalized spacial score (nSPS) is 14.1.